The number of benzene rings is 1. The fraction of sp³-hybridized carbons (Fsp3) is 0.625. The molecule has 1 heterocycles. The van der Waals surface area contributed by atoms with Crippen molar-refractivity contribution in [2.24, 2.45) is 11.3 Å². The van der Waals surface area contributed by atoms with Crippen molar-refractivity contribution in [2.45, 2.75) is 38.6 Å². The van der Waals surface area contributed by atoms with Crippen LogP contribution >= 0.6 is 0 Å². The van der Waals surface area contributed by atoms with Gasteiger partial charge in [0.1, 0.15) is 0 Å². The Morgan fingerprint density at radius 1 is 1.26 bits per heavy atom. The summed E-state index contributed by atoms with van der Waals surface area (Å²) in [7, 11) is 0. The lowest BCUT2D eigenvalue weighted by atomic mass is 9.99. The molecule has 1 aromatic rings. The van der Waals surface area contributed by atoms with E-state index in [4.69, 9.17) is 9.47 Å². The van der Waals surface area contributed by atoms with E-state index in [2.05, 4.69) is 24.4 Å². The van der Waals surface area contributed by atoms with Crippen molar-refractivity contribution >= 4 is 0 Å². The molecule has 0 aromatic heterocycles. The first kappa shape index (κ1) is 11.6. The fourth-order valence-corrected chi connectivity index (χ4v) is 3.24. The molecule has 1 aromatic carbocycles. The molecule has 3 nitrogen and oxygen atoms in total. The molecule has 3 aliphatic rings. The lowest BCUT2D eigenvalue weighted by Crippen LogP contribution is -2.27. The molecule has 0 spiro atoms. The van der Waals surface area contributed by atoms with E-state index in [-0.39, 0.29) is 0 Å². The first-order valence-electron chi connectivity index (χ1n) is 7.40. The molecule has 0 unspecified atom stereocenters. The predicted octanol–water partition coefficient (Wildman–Crippen LogP) is 3.26. The van der Waals surface area contributed by atoms with Gasteiger partial charge in [0.15, 0.2) is 11.5 Å². The first-order chi connectivity index (χ1) is 9.27. The van der Waals surface area contributed by atoms with E-state index in [1.165, 1.54) is 37.8 Å². The fourth-order valence-electron chi connectivity index (χ4n) is 3.24. The van der Waals surface area contributed by atoms with Gasteiger partial charge < -0.3 is 14.8 Å². The normalized spacial score (nSPS) is 24.3. The Morgan fingerprint density at radius 2 is 2.05 bits per heavy atom. The smallest absolute Gasteiger partial charge is 0.231 e. The number of nitrogens with one attached hydrogen (secondary N) is 1. The van der Waals surface area contributed by atoms with Gasteiger partial charge in [-0.25, -0.2) is 0 Å². The monoisotopic (exact) mass is 259 g/mol. The van der Waals surface area contributed by atoms with Gasteiger partial charge in [-0.2, -0.15) is 0 Å². The van der Waals surface area contributed by atoms with Gasteiger partial charge >= 0.3 is 0 Å². The van der Waals surface area contributed by atoms with E-state index < -0.39 is 0 Å². The SMILES string of the molecule is C[C@@H](NCC1(C2CC2)CC1)c1ccc2c(c1)OCO2. The zero-order valence-electron chi connectivity index (χ0n) is 11.4. The molecule has 4 rings (SSSR count). The minimum absolute atomic E-state index is 0.353. The van der Waals surface area contributed by atoms with E-state index in [0.717, 1.165) is 17.4 Å². The molecule has 1 N–H and O–H groups in total. The summed E-state index contributed by atoms with van der Waals surface area (Å²) in [5.74, 6) is 2.77. The number of rotatable bonds is 5. The second kappa shape index (κ2) is 4.14. The van der Waals surface area contributed by atoms with Gasteiger partial charge in [0.05, 0.1) is 0 Å². The summed E-state index contributed by atoms with van der Waals surface area (Å²) in [6, 6.07) is 6.65. The summed E-state index contributed by atoms with van der Waals surface area (Å²) in [6.07, 6.45) is 5.78. The van der Waals surface area contributed by atoms with Crippen molar-refractivity contribution in [3.8, 4) is 11.5 Å². The zero-order valence-corrected chi connectivity index (χ0v) is 11.4. The van der Waals surface area contributed by atoms with Crippen LogP contribution in [0.4, 0.5) is 0 Å². The molecule has 2 aliphatic carbocycles. The third-order valence-corrected chi connectivity index (χ3v) is 4.99. The minimum atomic E-state index is 0.353. The van der Waals surface area contributed by atoms with E-state index >= 15 is 0 Å². The average Bonchev–Trinajstić information content (AvgIpc) is 3.32. The van der Waals surface area contributed by atoms with E-state index in [9.17, 15) is 0 Å². The van der Waals surface area contributed by atoms with Crippen molar-refractivity contribution in [1.29, 1.82) is 0 Å². The lowest BCUT2D eigenvalue weighted by Gasteiger charge is -2.20. The molecule has 3 heteroatoms. The highest BCUT2D eigenvalue weighted by Gasteiger charge is 2.53. The second-order valence-corrected chi connectivity index (χ2v) is 6.35. The van der Waals surface area contributed by atoms with Gasteiger partial charge in [0, 0.05) is 12.6 Å². The number of fused-ring (bicyclic) bond motifs is 1. The molecule has 2 saturated carbocycles. The molecule has 2 fully saturated rings. The van der Waals surface area contributed by atoms with Crippen LogP contribution in [-0.4, -0.2) is 13.3 Å². The van der Waals surface area contributed by atoms with Gasteiger partial charge in [0.2, 0.25) is 6.79 Å². The van der Waals surface area contributed by atoms with Crippen molar-refractivity contribution < 1.29 is 9.47 Å². The molecule has 0 bridgehead atoms. The molecule has 19 heavy (non-hydrogen) atoms. The third-order valence-electron chi connectivity index (χ3n) is 4.99. The highest BCUT2D eigenvalue weighted by atomic mass is 16.7. The van der Waals surface area contributed by atoms with Gasteiger partial charge in [-0.15, -0.1) is 0 Å². The molecule has 1 aliphatic heterocycles. The van der Waals surface area contributed by atoms with Crippen LogP contribution in [-0.2, 0) is 0 Å². The topological polar surface area (TPSA) is 30.5 Å². The van der Waals surface area contributed by atoms with E-state index in [0.29, 0.717) is 18.2 Å². The molecule has 0 saturated heterocycles. The molecule has 0 radical (unpaired) electrons. The van der Waals surface area contributed by atoms with Crippen LogP contribution in [0.5, 0.6) is 11.5 Å². The first-order valence-corrected chi connectivity index (χ1v) is 7.40. The summed E-state index contributed by atoms with van der Waals surface area (Å²) in [5, 5.41) is 3.72. The number of hydrogen-bond acceptors (Lipinski definition) is 3. The molecule has 0 amide bonds. The summed E-state index contributed by atoms with van der Waals surface area (Å²) >= 11 is 0. The van der Waals surface area contributed by atoms with Crippen LogP contribution in [0.3, 0.4) is 0 Å². The average molecular weight is 259 g/mol. The second-order valence-electron chi connectivity index (χ2n) is 6.35. The maximum absolute atomic E-state index is 5.45. The highest BCUT2D eigenvalue weighted by molar-refractivity contribution is 5.45. The Morgan fingerprint density at radius 3 is 2.79 bits per heavy atom. The molecular formula is C16H21NO2. The van der Waals surface area contributed by atoms with Crippen molar-refractivity contribution in [1.82, 2.24) is 5.32 Å². The largest absolute Gasteiger partial charge is 0.454 e. The lowest BCUT2D eigenvalue weighted by molar-refractivity contribution is 0.174. The van der Waals surface area contributed by atoms with Crippen LogP contribution < -0.4 is 14.8 Å². The Balaban J connectivity index is 1.41. The Kier molecular flexibility index (Phi) is 2.52. The highest BCUT2D eigenvalue weighted by Crippen LogP contribution is 2.61. The van der Waals surface area contributed by atoms with Gasteiger partial charge in [0.25, 0.3) is 0 Å². The quantitative estimate of drug-likeness (QED) is 0.880. The summed E-state index contributed by atoms with van der Waals surface area (Å²) in [5.41, 5.74) is 1.95. The maximum Gasteiger partial charge on any atom is 0.231 e. The van der Waals surface area contributed by atoms with E-state index in [1.807, 2.05) is 6.07 Å². The molecule has 102 valence electrons. The maximum atomic E-state index is 5.45. The number of ether oxygens (including phenoxy) is 2. The van der Waals surface area contributed by atoms with Gasteiger partial charge in [-0.1, -0.05) is 6.07 Å². The predicted molar refractivity (Wildman–Crippen MR) is 73.4 cm³/mol. The van der Waals surface area contributed by atoms with Crippen LogP contribution in [0.25, 0.3) is 0 Å². The van der Waals surface area contributed by atoms with Crippen LogP contribution in [0, 0.1) is 11.3 Å². The summed E-state index contributed by atoms with van der Waals surface area (Å²) in [4.78, 5) is 0. The standard InChI is InChI=1S/C16H21NO2/c1-11(17-9-16(6-7-16)13-3-4-13)12-2-5-14-15(8-12)19-10-18-14/h2,5,8,11,13,17H,3-4,6-7,9-10H2,1H3/t11-/m1/s1. The minimum Gasteiger partial charge on any atom is -0.454 e. The Bertz CT molecular complexity index is 492. The third kappa shape index (κ3) is 2.10. The Hall–Kier alpha value is -1.22. The summed E-state index contributed by atoms with van der Waals surface area (Å²) < 4.78 is 10.8. The number of hydrogen-bond donors (Lipinski definition) is 1. The van der Waals surface area contributed by atoms with Crippen molar-refractivity contribution in [3.63, 3.8) is 0 Å². The Labute approximate surface area is 114 Å². The molecular weight excluding hydrogens is 238 g/mol. The van der Waals surface area contributed by atoms with Crippen LogP contribution in [0.1, 0.15) is 44.2 Å². The van der Waals surface area contributed by atoms with E-state index in [1.54, 1.807) is 0 Å². The van der Waals surface area contributed by atoms with Crippen molar-refractivity contribution in [2.75, 3.05) is 13.3 Å². The van der Waals surface area contributed by atoms with Crippen LogP contribution in [0.15, 0.2) is 18.2 Å². The summed E-state index contributed by atoms with van der Waals surface area (Å²) in [6.45, 7) is 3.76. The zero-order chi connectivity index (χ0) is 12.9. The van der Waals surface area contributed by atoms with Gasteiger partial charge in [-0.3, -0.25) is 0 Å². The molecule has 1 atom stereocenters. The van der Waals surface area contributed by atoms with Crippen molar-refractivity contribution in [3.05, 3.63) is 23.8 Å². The van der Waals surface area contributed by atoms with Crippen LogP contribution in [0.2, 0.25) is 0 Å². The van der Waals surface area contributed by atoms with Gasteiger partial charge in [-0.05, 0) is 61.6 Å².